The lowest BCUT2D eigenvalue weighted by Gasteiger charge is -2.20. The topological polar surface area (TPSA) is 9.23 Å². The first kappa shape index (κ1) is 15.9. The lowest BCUT2D eigenvalue weighted by atomic mass is 9.86. The Hall–Kier alpha value is -2.02. The van der Waals surface area contributed by atoms with Gasteiger partial charge in [0.2, 0.25) is 0 Å². The van der Waals surface area contributed by atoms with Crippen molar-refractivity contribution in [2.45, 2.75) is 44.4 Å². The van der Waals surface area contributed by atoms with Gasteiger partial charge in [-0.25, -0.2) is 0 Å². The molecule has 1 heteroatoms. The predicted octanol–water partition coefficient (Wildman–Crippen LogP) is 5.67. The number of allylic oxidation sites excluding steroid dienone is 1. The van der Waals surface area contributed by atoms with Crippen molar-refractivity contribution in [1.29, 1.82) is 0 Å². The first-order chi connectivity index (χ1) is 11.3. The van der Waals surface area contributed by atoms with E-state index in [-0.39, 0.29) is 0 Å². The monoisotopic (exact) mass is 306 g/mol. The minimum atomic E-state index is 0.726. The maximum Gasteiger partial charge on any atom is 0.122 e. The minimum Gasteiger partial charge on any atom is -0.496 e. The lowest BCUT2D eigenvalue weighted by Crippen LogP contribution is -2.05. The van der Waals surface area contributed by atoms with Crippen LogP contribution in [-0.4, -0.2) is 7.11 Å². The third-order valence-electron chi connectivity index (χ3n) is 5.03. The molecule has 0 aromatic heterocycles. The third-order valence-corrected chi connectivity index (χ3v) is 5.03. The Morgan fingerprint density at radius 1 is 1.04 bits per heavy atom. The van der Waals surface area contributed by atoms with Gasteiger partial charge in [-0.2, -0.15) is 0 Å². The molecule has 0 spiro atoms. The number of benzene rings is 2. The molecule has 0 aliphatic heterocycles. The second kappa shape index (κ2) is 7.50. The summed E-state index contributed by atoms with van der Waals surface area (Å²) < 4.78 is 5.56. The quantitative estimate of drug-likeness (QED) is 0.625. The molecule has 1 nitrogen and oxygen atoms in total. The second-order valence-electron chi connectivity index (χ2n) is 6.45. The average Bonchev–Trinajstić information content (AvgIpc) is 3.11. The molecule has 3 rings (SSSR count). The van der Waals surface area contributed by atoms with Crippen molar-refractivity contribution >= 4 is 0 Å². The summed E-state index contributed by atoms with van der Waals surface area (Å²) in [6, 6.07) is 15.2. The lowest BCUT2D eigenvalue weighted by molar-refractivity contribution is 0.410. The molecule has 1 aliphatic rings. The smallest absolute Gasteiger partial charge is 0.122 e. The standard InChI is InChI=1S/C22H26O/c1-3-9-17-13-8-14-20(18-10-4-5-11-18)21(17)16-19-12-6-7-15-22(19)23-2/h3,6-8,12-15,18H,1,4-5,9-11,16H2,2H3. The van der Waals surface area contributed by atoms with E-state index in [0.717, 1.165) is 24.5 Å². The van der Waals surface area contributed by atoms with E-state index in [4.69, 9.17) is 4.74 Å². The van der Waals surface area contributed by atoms with E-state index < -0.39 is 0 Å². The second-order valence-corrected chi connectivity index (χ2v) is 6.45. The number of ether oxygens (including phenoxy) is 1. The Morgan fingerprint density at radius 2 is 1.78 bits per heavy atom. The van der Waals surface area contributed by atoms with Crippen LogP contribution in [0.4, 0.5) is 0 Å². The van der Waals surface area contributed by atoms with E-state index in [2.05, 4.69) is 43.0 Å². The first-order valence-corrected chi connectivity index (χ1v) is 8.67. The Morgan fingerprint density at radius 3 is 2.52 bits per heavy atom. The Labute approximate surface area is 140 Å². The van der Waals surface area contributed by atoms with Gasteiger partial charge in [0, 0.05) is 6.42 Å². The fourth-order valence-corrected chi connectivity index (χ4v) is 3.88. The van der Waals surface area contributed by atoms with Crippen LogP contribution in [0.2, 0.25) is 0 Å². The molecule has 1 aliphatic carbocycles. The van der Waals surface area contributed by atoms with E-state index in [1.165, 1.54) is 42.4 Å². The van der Waals surface area contributed by atoms with Crippen LogP contribution < -0.4 is 4.74 Å². The SMILES string of the molecule is C=CCc1cccc(C2CCCC2)c1Cc1ccccc1OC. The van der Waals surface area contributed by atoms with Crippen molar-refractivity contribution in [2.75, 3.05) is 7.11 Å². The zero-order valence-electron chi connectivity index (χ0n) is 14.1. The molecule has 0 amide bonds. The highest BCUT2D eigenvalue weighted by molar-refractivity contribution is 5.45. The van der Waals surface area contributed by atoms with Gasteiger partial charge in [-0.1, -0.05) is 55.3 Å². The van der Waals surface area contributed by atoms with E-state index >= 15 is 0 Å². The zero-order chi connectivity index (χ0) is 16.1. The molecule has 1 saturated carbocycles. The average molecular weight is 306 g/mol. The molecule has 120 valence electrons. The number of hydrogen-bond acceptors (Lipinski definition) is 1. The molecule has 2 aromatic rings. The van der Waals surface area contributed by atoms with Crippen LogP contribution in [0.1, 0.15) is 53.9 Å². The zero-order valence-corrected chi connectivity index (χ0v) is 14.1. The Kier molecular flexibility index (Phi) is 5.17. The summed E-state index contributed by atoms with van der Waals surface area (Å²) in [5.41, 5.74) is 5.72. The molecule has 2 aromatic carbocycles. The van der Waals surface area contributed by atoms with Crippen molar-refractivity contribution in [2.24, 2.45) is 0 Å². The molecule has 0 unspecified atom stereocenters. The summed E-state index contributed by atoms with van der Waals surface area (Å²) in [6.07, 6.45) is 9.28. The summed E-state index contributed by atoms with van der Waals surface area (Å²) in [4.78, 5) is 0. The first-order valence-electron chi connectivity index (χ1n) is 8.67. The van der Waals surface area contributed by atoms with Crippen molar-refractivity contribution in [1.82, 2.24) is 0 Å². The van der Waals surface area contributed by atoms with Gasteiger partial charge in [0.15, 0.2) is 0 Å². The van der Waals surface area contributed by atoms with E-state index in [1.807, 2.05) is 12.1 Å². The highest BCUT2D eigenvalue weighted by Crippen LogP contribution is 2.38. The summed E-state index contributed by atoms with van der Waals surface area (Å²) in [5, 5.41) is 0. The van der Waals surface area contributed by atoms with Crippen LogP contribution in [-0.2, 0) is 12.8 Å². The summed E-state index contributed by atoms with van der Waals surface area (Å²) in [5.74, 6) is 1.71. The van der Waals surface area contributed by atoms with Crippen LogP contribution in [0.5, 0.6) is 5.75 Å². The van der Waals surface area contributed by atoms with Crippen LogP contribution in [0, 0.1) is 0 Å². The van der Waals surface area contributed by atoms with Crippen LogP contribution >= 0.6 is 0 Å². The van der Waals surface area contributed by atoms with E-state index in [1.54, 1.807) is 12.7 Å². The fourth-order valence-electron chi connectivity index (χ4n) is 3.88. The molecule has 0 bridgehead atoms. The van der Waals surface area contributed by atoms with Crippen molar-refractivity contribution in [3.63, 3.8) is 0 Å². The molecule has 23 heavy (non-hydrogen) atoms. The third kappa shape index (κ3) is 3.50. The number of para-hydroxylation sites is 1. The van der Waals surface area contributed by atoms with Gasteiger partial charge < -0.3 is 4.74 Å². The van der Waals surface area contributed by atoms with Crippen molar-refractivity contribution in [3.8, 4) is 5.75 Å². The van der Waals surface area contributed by atoms with Crippen LogP contribution in [0.3, 0.4) is 0 Å². The summed E-state index contributed by atoms with van der Waals surface area (Å²) >= 11 is 0. The highest BCUT2D eigenvalue weighted by Gasteiger charge is 2.21. The maximum atomic E-state index is 5.56. The molecule has 0 atom stereocenters. The van der Waals surface area contributed by atoms with E-state index in [0.29, 0.717) is 0 Å². The van der Waals surface area contributed by atoms with Gasteiger partial charge in [0.1, 0.15) is 5.75 Å². The largest absolute Gasteiger partial charge is 0.496 e. The van der Waals surface area contributed by atoms with Gasteiger partial charge >= 0.3 is 0 Å². The highest BCUT2D eigenvalue weighted by atomic mass is 16.5. The van der Waals surface area contributed by atoms with Gasteiger partial charge in [-0.15, -0.1) is 6.58 Å². The van der Waals surface area contributed by atoms with Crippen molar-refractivity contribution < 1.29 is 4.74 Å². The van der Waals surface area contributed by atoms with Gasteiger partial charge in [-0.3, -0.25) is 0 Å². The number of methoxy groups -OCH3 is 1. The Balaban J connectivity index is 2.02. The molecular weight excluding hydrogens is 280 g/mol. The minimum absolute atomic E-state index is 0.726. The molecule has 0 saturated heterocycles. The van der Waals surface area contributed by atoms with Crippen LogP contribution in [0.25, 0.3) is 0 Å². The molecule has 1 fully saturated rings. The fraction of sp³-hybridized carbons (Fsp3) is 0.364. The van der Waals surface area contributed by atoms with Gasteiger partial charge in [0.05, 0.1) is 7.11 Å². The van der Waals surface area contributed by atoms with E-state index in [9.17, 15) is 0 Å². The Bertz CT molecular complexity index is 665. The number of rotatable bonds is 6. The molecule has 0 N–H and O–H groups in total. The predicted molar refractivity (Wildman–Crippen MR) is 97.4 cm³/mol. The van der Waals surface area contributed by atoms with Crippen LogP contribution in [0.15, 0.2) is 55.1 Å². The molecule has 0 heterocycles. The number of hydrogen-bond donors (Lipinski definition) is 0. The summed E-state index contributed by atoms with van der Waals surface area (Å²) in [7, 11) is 1.76. The summed E-state index contributed by atoms with van der Waals surface area (Å²) in [6.45, 7) is 3.94. The molecule has 0 radical (unpaired) electrons. The normalized spacial score (nSPS) is 14.8. The van der Waals surface area contributed by atoms with Gasteiger partial charge in [-0.05, 0) is 53.5 Å². The van der Waals surface area contributed by atoms with Crippen molar-refractivity contribution in [3.05, 3.63) is 77.4 Å². The van der Waals surface area contributed by atoms with Gasteiger partial charge in [0.25, 0.3) is 0 Å². The maximum absolute atomic E-state index is 5.56. The molecular formula is C22H26O.